The van der Waals surface area contributed by atoms with Crippen molar-refractivity contribution in [3.63, 3.8) is 0 Å². The van der Waals surface area contributed by atoms with E-state index in [-0.39, 0.29) is 12.4 Å². The van der Waals surface area contributed by atoms with Gasteiger partial charge >= 0.3 is 96.5 Å². The van der Waals surface area contributed by atoms with Crippen molar-refractivity contribution in [2.45, 2.75) is 12.4 Å². The van der Waals surface area contributed by atoms with Crippen molar-refractivity contribution in [1.82, 2.24) is 4.57 Å². The second-order valence-corrected chi connectivity index (χ2v) is 5.82. The third-order valence-electron chi connectivity index (χ3n) is 2.23. The molecular formula is C12H15ClN2Se. The fraction of sp³-hybridized carbons (Fsp3) is 0.250. The second-order valence-electron chi connectivity index (χ2n) is 3.68. The maximum Gasteiger partial charge on any atom is -1.00 e. The van der Waals surface area contributed by atoms with Crippen molar-refractivity contribution in [2.75, 3.05) is 0 Å². The standard InChI is InChI=1S/C12H15N2Se.ClH/c1-11-3-5-12(6-4-11)15-10-14-8-7-13(2)9-14;/h3-9H,10H2,1-2H3;1H/q+1;/p-1. The molecule has 2 aromatic rings. The van der Waals surface area contributed by atoms with Crippen LogP contribution in [0.2, 0.25) is 0 Å². The number of imidazole rings is 1. The molecule has 2 nitrogen and oxygen atoms in total. The topological polar surface area (TPSA) is 8.81 Å². The Labute approximate surface area is 109 Å². The van der Waals surface area contributed by atoms with Crippen LogP contribution in [0.3, 0.4) is 0 Å². The Morgan fingerprint density at radius 3 is 2.50 bits per heavy atom. The van der Waals surface area contributed by atoms with Crippen LogP contribution in [0.4, 0.5) is 0 Å². The Balaban J connectivity index is 0.00000128. The molecule has 0 radical (unpaired) electrons. The fourth-order valence-corrected chi connectivity index (χ4v) is 3.00. The Morgan fingerprint density at radius 1 is 1.25 bits per heavy atom. The minimum absolute atomic E-state index is 0. The van der Waals surface area contributed by atoms with Crippen molar-refractivity contribution in [2.24, 2.45) is 7.05 Å². The molecule has 0 aliphatic carbocycles. The van der Waals surface area contributed by atoms with Gasteiger partial charge in [-0.1, -0.05) is 0 Å². The van der Waals surface area contributed by atoms with Crippen LogP contribution in [0.25, 0.3) is 0 Å². The first kappa shape index (κ1) is 13.3. The van der Waals surface area contributed by atoms with Gasteiger partial charge in [0, 0.05) is 0 Å². The molecule has 16 heavy (non-hydrogen) atoms. The van der Waals surface area contributed by atoms with E-state index in [9.17, 15) is 0 Å². The molecule has 4 heteroatoms. The van der Waals surface area contributed by atoms with E-state index in [2.05, 4.69) is 66.1 Å². The number of aryl methyl sites for hydroxylation is 2. The molecule has 0 bridgehead atoms. The minimum atomic E-state index is 0. The van der Waals surface area contributed by atoms with Gasteiger partial charge < -0.3 is 12.4 Å². The largest absolute Gasteiger partial charge is 1.00 e. The SMILES string of the molecule is Cc1ccc([Se]Cn2cc[n+](C)c2)cc1.[Cl-]. The zero-order valence-corrected chi connectivity index (χ0v) is 11.9. The Morgan fingerprint density at radius 2 is 1.94 bits per heavy atom. The van der Waals surface area contributed by atoms with Gasteiger partial charge in [0.25, 0.3) is 0 Å². The summed E-state index contributed by atoms with van der Waals surface area (Å²) in [5.41, 5.74) is 2.44. The summed E-state index contributed by atoms with van der Waals surface area (Å²) in [6.07, 6.45) is 6.32. The monoisotopic (exact) mass is 302 g/mol. The van der Waals surface area contributed by atoms with Gasteiger partial charge in [-0.3, -0.25) is 0 Å². The van der Waals surface area contributed by atoms with Crippen LogP contribution in [0, 0.1) is 6.92 Å². The summed E-state index contributed by atoms with van der Waals surface area (Å²) in [6.45, 7) is 2.13. The predicted octanol–water partition coefficient (Wildman–Crippen LogP) is -2.39. The third kappa shape index (κ3) is 3.67. The normalized spacial score (nSPS) is 9.88. The molecule has 0 spiro atoms. The molecule has 1 aromatic heterocycles. The number of hydrogen-bond donors (Lipinski definition) is 0. The average molecular weight is 302 g/mol. The van der Waals surface area contributed by atoms with E-state index in [1.807, 2.05) is 0 Å². The predicted molar refractivity (Wildman–Crippen MR) is 62.2 cm³/mol. The van der Waals surface area contributed by atoms with Gasteiger partial charge in [0.2, 0.25) is 0 Å². The molecule has 0 unspecified atom stereocenters. The number of rotatable bonds is 3. The zero-order valence-electron chi connectivity index (χ0n) is 9.43. The van der Waals surface area contributed by atoms with Gasteiger partial charge in [0.15, 0.2) is 0 Å². The van der Waals surface area contributed by atoms with E-state index >= 15 is 0 Å². The Kier molecular flexibility index (Phi) is 5.07. The zero-order chi connectivity index (χ0) is 10.7. The van der Waals surface area contributed by atoms with Gasteiger partial charge in [-0.05, 0) is 0 Å². The van der Waals surface area contributed by atoms with Gasteiger partial charge in [0.1, 0.15) is 0 Å². The number of aromatic nitrogens is 2. The quantitative estimate of drug-likeness (QED) is 0.442. The molecule has 0 aliphatic heterocycles. The Hall–Kier alpha value is -0.761. The summed E-state index contributed by atoms with van der Waals surface area (Å²) < 4.78 is 5.77. The van der Waals surface area contributed by atoms with Crippen molar-refractivity contribution in [3.05, 3.63) is 48.5 Å². The molecule has 0 saturated carbocycles. The van der Waals surface area contributed by atoms with Gasteiger partial charge in [0.05, 0.1) is 0 Å². The first-order valence-electron chi connectivity index (χ1n) is 4.94. The number of benzene rings is 1. The summed E-state index contributed by atoms with van der Waals surface area (Å²) >= 11 is 0.527. The van der Waals surface area contributed by atoms with Crippen molar-refractivity contribution < 1.29 is 17.0 Å². The summed E-state index contributed by atoms with van der Waals surface area (Å²) in [4.78, 5) is 0. The van der Waals surface area contributed by atoms with Crippen LogP contribution in [0.5, 0.6) is 0 Å². The molecule has 0 amide bonds. The molecule has 86 valence electrons. The Bertz CT molecular complexity index is 437. The van der Waals surface area contributed by atoms with E-state index in [1.165, 1.54) is 10.0 Å². The average Bonchev–Trinajstić information content (AvgIpc) is 2.64. The molecule has 0 saturated heterocycles. The first-order valence-corrected chi connectivity index (χ1v) is 7.01. The molecule has 0 fully saturated rings. The van der Waals surface area contributed by atoms with Crippen LogP contribution in [-0.4, -0.2) is 19.5 Å². The van der Waals surface area contributed by atoms with Crippen LogP contribution >= 0.6 is 0 Å². The van der Waals surface area contributed by atoms with Gasteiger partial charge in [-0.2, -0.15) is 0 Å². The summed E-state index contributed by atoms with van der Waals surface area (Å²) in [5.74, 6) is 0. The van der Waals surface area contributed by atoms with Crippen LogP contribution in [-0.2, 0) is 12.5 Å². The maximum atomic E-state index is 2.24. The number of nitrogens with zero attached hydrogens (tertiary/aromatic N) is 2. The first-order chi connectivity index (χ1) is 7.24. The summed E-state index contributed by atoms with van der Waals surface area (Å²) in [7, 11) is 2.05. The smallest absolute Gasteiger partial charge is 1.00 e. The van der Waals surface area contributed by atoms with Gasteiger partial charge in [-0.25, -0.2) is 0 Å². The molecule has 0 aliphatic rings. The van der Waals surface area contributed by atoms with E-state index in [4.69, 9.17) is 0 Å². The van der Waals surface area contributed by atoms with Crippen molar-refractivity contribution in [1.29, 1.82) is 0 Å². The van der Waals surface area contributed by atoms with Crippen LogP contribution in [0.1, 0.15) is 5.56 Å². The molecule has 1 aromatic carbocycles. The van der Waals surface area contributed by atoms with Crippen LogP contribution in [0.15, 0.2) is 43.0 Å². The second kappa shape index (κ2) is 6.09. The maximum absolute atomic E-state index is 2.24. The molecule has 0 atom stereocenters. The van der Waals surface area contributed by atoms with Gasteiger partial charge in [-0.15, -0.1) is 0 Å². The molecular weight excluding hydrogens is 287 g/mol. The third-order valence-corrected chi connectivity index (χ3v) is 4.39. The summed E-state index contributed by atoms with van der Waals surface area (Å²) in [5, 5.41) is 0. The van der Waals surface area contributed by atoms with E-state index in [1.54, 1.807) is 0 Å². The van der Waals surface area contributed by atoms with E-state index < -0.39 is 0 Å². The fourth-order valence-electron chi connectivity index (χ4n) is 1.36. The molecule has 2 rings (SSSR count). The van der Waals surface area contributed by atoms with E-state index in [0.717, 1.165) is 5.44 Å². The van der Waals surface area contributed by atoms with Crippen molar-refractivity contribution >= 4 is 19.4 Å². The number of halogens is 1. The van der Waals surface area contributed by atoms with E-state index in [0.29, 0.717) is 15.0 Å². The molecule has 1 heterocycles. The summed E-state index contributed by atoms with van der Waals surface area (Å²) in [6, 6.07) is 8.84. The molecule has 0 N–H and O–H groups in total. The minimum Gasteiger partial charge on any atom is -1.00 e. The number of hydrogen-bond acceptors (Lipinski definition) is 0. The van der Waals surface area contributed by atoms with Crippen molar-refractivity contribution in [3.8, 4) is 0 Å². The van der Waals surface area contributed by atoms with Crippen LogP contribution < -0.4 is 21.4 Å².